The van der Waals surface area contributed by atoms with Crippen molar-refractivity contribution in [3.63, 3.8) is 0 Å². The first-order valence-electron chi connectivity index (χ1n) is 12.4. The lowest BCUT2D eigenvalue weighted by Crippen LogP contribution is -2.38. The number of nitrogens with one attached hydrogen (secondary N) is 2. The first-order valence-corrected chi connectivity index (χ1v) is 12.8. The molecule has 7 nitrogen and oxygen atoms in total. The normalized spacial score (nSPS) is 14.4. The standard InChI is InChI=1S/C30H27ClN4O3/c1-3-21-8-4-6-10-25(21)32-28(36)18-35-29(37)26(33-30(35)38)16-24-19(2)34(27-11-7-5-9-23(24)27)17-20-12-14-22(31)15-13-20/h4-16H,3,17-18H2,1-2H3,(H,32,36)(H,33,38)/b26-16+. The Morgan fingerprint density at radius 1 is 1.00 bits per heavy atom. The number of para-hydroxylation sites is 2. The zero-order valence-corrected chi connectivity index (χ0v) is 21.9. The first-order chi connectivity index (χ1) is 18.4. The minimum Gasteiger partial charge on any atom is -0.340 e. The Morgan fingerprint density at radius 2 is 1.71 bits per heavy atom. The molecule has 3 aromatic carbocycles. The molecule has 0 aliphatic carbocycles. The Bertz CT molecular complexity index is 1590. The number of aromatic nitrogens is 1. The van der Waals surface area contributed by atoms with Gasteiger partial charge in [-0.3, -0.25) is 9.59 Å². The minimum absolute atomic E-state index is 0.134. The van der Waals surface area contributed by atoms with Crippen molar-refractivity contribution < 1.29 is 14.4 Å². The van der Waals surface area contributed by atoms with Crippen LogP contribution in [0.2, 0.25) is 5.02 Å². The molecule has 0 radical (unpaired) electrons. The molecule has 4 amide bonds. The molecule has 4 aromatic rings. The number of hydrogen-bond donors (Lipinski definition) is 2. The summed E-state index contributed by atoms with van der Waals surface area (Å²) in [6, 6.07) is 22.5. The Labute approximate surface area is 225 Å². The number of rotatable bonds is 7. The number of carbonyl (C=O) groups excluding carboxylic acids is 3. The maximum absolute atomic E-state index is 13.2. The second-order valence-corrected chi connectivity index (χ2v) is 9.60. The Balaban J connectivity index is 1.41. The number of nitrogens with zero attached hydrogens (tertiary/aromatic N) is 2. The third-order valence-corrected chi connectivity index (χ3v) is 7.01. The molecule has 1 aromatic heterocycles. The van der Waals surface area contributed by atoms with Crippen LogP contribution in [-0.4, -0.2) is 33.9 Å². The Morgan fingerprint density at radius 3 is 2.47 bits per heavy atom. The van der Waals surface area contributed by atoms with Crippen LogP contribution < -0.4 is 10.6 Å². The summed E-state index contributed by atoms with van der Waals surface area (Å²) in [6.45, 7) is 4.23. The highest BCUT2D eigenvalue weighted by atomic mass is 35.5. The number of imide groups is 1. The van der Waals surface area contributed by atoms with Crippen molar-refractivity contribution in [3.05, 3.63) is 106 Å². The maximum atomic E-state index is 13.2. The molecule has 0 atom stereocenters. The summed E-state index contributed by atoms with van der Waals surface area (Å²) in [7, 11) is 0. The highest BCUT2D eigenvalue weighted by Gasteiger charge is 2.35. The van der Waals surface area contributed by atoms with E-state index in [2.05, 4.69) is 15.2 Å². The molecule has 1 aliphatic rings. The summed E-state index contributed by atoms with van der Waals surface area (Å²) in [4.78, 5) is 39.5. The number of aryl methyl sites for hydroxylation is 1. The summed E-state index contributed by atoms with van der Waals surface area (Å²) in [5.41, 5.74) is 5.66. The average molecular weight is 527 g/mol. The number of anilines is 1. The second kappa shape index (κ2) is 10.6. The molecule has 1 fully saturated rings. The van der Waals surface area contributed by atoms with E-state index in [0.29, 0.717) is 17.3 Å². The van der Waals surface area contributed by atoms with Gasteiger partial charge in [-0.1, -0.05) is 67.1 Å². The third-order valence-electron chi connectivity index (χ3n) is 6.76. The molecular formula is C30H27ClN4O3. The summed E-state index contributed by atoms with van der Waals surface area (Å²) >= 11 is 6.05. The summed E-state index contributed by atoms with van der Waals surface area (Å²) in [6.07, 6.45) is 2.44. The van der Waals surface area contributed by atoms with Gasteiger partial charge in [0.2, 0.25) is 5.91 Å². The van der Waals surface area contributed by atoms with Gasteiger partial charge in [-0.2, -0.15) is 0 Å². The van der Waals surface area contributed by atoms with Crippen LogP contribution in [0.15, 0.2) is 78.5 Å². The van der Waals surface area contributed by atoms with Crippen LogP contribution in [0.25, 0.3) is 17.0 Å². The summed E-state index contributed by atoms with van der Waals surface area (Å²) < 4.78 is 2.17. The van der Waals surface area contributed by atoms with Gasteiger partial charge >= 0.3 is 6.03 Å². The van der Waals surface area contributed by atoms with Gasteiger partial charge in [0.1, 0.15) is 12.2 Å². The van der Waals surface area contributed by atoms with Crippen LogP contribution in [0.3, 0.4) is 0 Å². The molecule has 1 aliphatic heterocycles. The lowest BCUT2D eigenvalue weighted by molar-refractivity contribution is -0.127. The molecular weight excluding hydrogens is 500 g/mol. The van der Waals surface area contributed by atoms with Gasteiger partial charge in [-0.15, -0.1) is 0 Å². The largest absolute Gasteiger partial charge is 0.340 e. The molecule has 0 spiro atoms. The van der Waals surface area contributed by atoms with Gasteiger partial charge in [0, 0.05) is 39.4 Å². The van der Waals surface area contributed by atoms with Crippen molar-refractivity contribution >= 4 is 52.1 Å². The molecule has 0 saturated carbocycles. The average Bonchev–Trinajstić information content (AvgIpc) is 3.33. The number of carbonyl (C=O) groups is 3. The van der Waals surface area contributed by atoms with E-state index in [4.69, 9.17) is 11.6 Å². The number of hydrogen-bond acceptors (Lipinski definition) is 3. The fraction of sp³-hybridized carbons (Fsp3) is 0.167. The predicted octanol–water partition coefficient (Wildman–Crippen LogP) is 5.75. The number of halogens is 1. The number of benzene rings is 3. The van der Waals surface area contributed by atoms with Crippen LogP contribution in [0, 0.1) is 6.92 Å². The van der Waals surface area contributed by atoms with Crippen molar-refractivity contribution in [2.24, 2.45) is 0 Å². The molecule has 8 heteroatoms. The lowest BCUT2D eigenvalue weighted by Gasteiger charge is -2.13. The molecule has 5 rings (SSSR count). The van der Waals surface area contributed by atoms with E-state index in [1.807, 2.05) is 80.6 Å². The Kier molecular flexibility index (Phi) is 7.03. The summed E-state index contributed by atoms with van der Waals surface area (Å²) in [5.74, 6) is -0.978. The van der Waals surface area contributed by atoms with E-state index in [1.165, 1.54) is 0 Å². The molecule has 2 heterocycles. The highest BCUT2D eigenvalue weighted by molar-refractivity contribution is 6.30. The van der Waals surface area contributed by atoms with E-state index in [1.54, 1.807) is 12.1 Å². The lowest BCUT2D eigenvalue weighted by atomic mass is 10.1. The number of amides is 4. The second-order valence-electron chi connectivity index (χ2n) is 9.17. The van der Waals surface area contributed by atoms with Gasteiger partial charge in [0.25, 0.3) is 5.91 Å². The highest BCUT2D eigenvalue weighted by Crippen LogP contribution is 2.30. The van der Waals surface area contributed by atoms with E-state index in [-0.39, 0.29) is 12.2 Å². The zero-order valence-electron chi connectivity index (χ0n) is 21.1. The molecule has 192 valence electrons. The minimum atomic E-state index is -0.622. The van der Waals surface area contributed by atoms with Crippen molar-refractivity contribution in [2.75, 3.05) is 11.9 Å². The van der Waals surface area contributed by atoms with Crippen LogP contribution in [0.5, 0.6) is 0 Å². The van der Waals surface area contributed by atoms with E-state index >= 15 is 0 Å². The topological polar surface area (TPSA) is 83.4 Å². The van der Waals surface area contributed by atoms with Gasteiger partial charge in [-0.25, -0.2) is 9.69 Å². The SMILES string of the molecule is CCc1ccccc1NC(=O)CN1C(=O)N/C(=C/c2c(C)n(Cc3ccc(Cl)cc3)c3ccccc23)C1=O. The monoisotopic (exact) mass is 526 g/mol. The van der Waals surface area contributed by atoms with Crippen molar-refractivity contribution in [2.45, 2.75) is 26.8 Å². The van der Waals surface area contributed by atoms with Crippen LogP contribution >= 0.6 is 11.6 Å². The molecule has 38 heavy (non-hydrogen) atoms. The van der Waals surface area contributed by atoms with Crippen molar-refractivity contribution in [1.82, 2.24) is 14.8 Å². The number of urea groups is 1. The fourth-order valence-electron chi connectivity index (χ4n) is 4.76. The van der Waals surface area contributed by atoms with E-state index in [0.717, 1.165) is 44.6 Å². The van der Waals surface area contributed by atoms with Crippen LogP contribution in [-0.2, 0) is 22.6 Å². The third kappa shape index (κ3) is 4.93. The van der Waals surface area contributed by atoms with Gasteiger partial charge in [0.15, 0.2) is 0 Å². The van der Waals surface area contributed by atoms with Crippen LogP contribution in [0.4, 0.5) is 10.5 Å². The van der Waals surface area contributed by atoms with E-state index < -0.39 is 17.8 Å². The fourth-order valence-corrected chi connectivity index (χ4v) is 4.89. The maximum Gasteiger partial charge on any atom is 0.329 e. The number of fused-ring (bicyclic) bond motifs is 1. The molecule has 0 unspecified atom stereocenters. The first kappa shape index (κ1) is 25.3. The van der Waals surface area contributed by atoms with Gasteiger partial charge in [-0.05, 0) is 54.8 Å². The summed E-state index contributed by atoms with van der Waals surface area (Å²) in [5, 5.41) is 7.10. The van der Waals surface area contributed by atoms with Crippen LogP contribution in [0.1, 0.15) is 29.3 Å². The van der Waals surface area contributed by atoms with Crippen molar-refractivity contribution in [1.29, 1.82) is 0 Å². The van der Waals surface area contributed by atoms with Gasteiger partial charge in [0.05, 0.1) is 0 Å². The molecule has 0 bridgehead atoms. The molecule has 2 N–H and O–H groups in total. The quantitative estimate of drug-likeness (QED) is 0.238. The molecule has 1 saturated heterocycles. The zero-order chi connectivity index (χ0) is 26.8. The Hall–Kier alpha value is -4.36. The van der Waals surface area contributed by atoms with Crippen molar-refractivity contribution in [3.8, 4) is 0 Å². The van der Waals surface area contributed by atoms with E-state index in [9.17, 15) is 14.4 Å². The smallest absolute Gasteiger partial charge is 0.329 e. The van der Waals surface area contributed by atoms with Gasteiger partial charge < -0.3 is 15.2 Å². The predicted molar refractivity (Wildman–Crippen MR) is 150 cm³/mol.